The second-order valence-corrected chi connectivity index (χ2v) is 3.57. The third-order valence-corrected chi connectivity index (χ3v) is 2.13. The highest BCUT2D eigenvalue weighted by atomic mass is 35.5. The van der Waals surface area contributed by atoms with E-state index in [4.69, 9.17) is 16.9 Å². The Morgan fingerprint density at radius 2 is 2.18 bits per heavy atom. The molecule has 2 nitrogen and oxygen atoms in total. The molecule has 2 N–H and O–H groups in total. The van der Waals surface area contributed by atoms with E-state index in [9.17, 15) is 0 Å². The van der Waals surface area contributed by atoms with Crippen LogP contribution in [0.15, 0.2) is 12.2 Å². The fourth-order valence-electron chi connectivity index (χ4n) is 0.679. The fourth-order valence-corrected chi connectivity index (χ4v) is 0.812. The normalized spacial score (nSPS) is 14.6. The zero-order valence-electron chi connectivity index (χ0n) is 7.32. The average molecular weight is 178 g/mol. The number of aliphatic hydroxyl groups excluding tert-OH is 1. The smallest absolute Gasteiger partial charge is 0.0549 e. The first-order valence-corrected chi connectivity index (χ1v) is 4.02. The van der Waals surface area contributed by atoms with Crippen molar-refractivity contribution in [2.75, 3.05) is 0 Å². The standard InChI is InChI=1S/C8H16ClNO/c1-6(5-7(2)11)8(3,4)10-9/h7,10-11H,1,5H2,2-4H3. The second-order valence-electron chi connectivity index (χ2n) is 3.38. The maximum atomic E-state index is 9.05. The first-order chi connectivity index (χ1) is 4.90. The van der Waals surface area contributed by atoms with Crippen LogP contribution in [0.2, 0.25) is 0 Å². The van der Waals surface area contributed by atoms with E-state index < -0.39 is 0 Å². The van der Waals surface area contributed by atoms with Gasteiger partial charge in [0.2, 0.25) is 0 Å². The minimum atomic E-state index is -0.355. The maximum Gasteiger partial charge on any atom is 0.0549 e. The van der Waals surface area contributed by atoms with Gasteiger partial charge in [-0.1, -0.05) is 12.2 Å². The summed E-state index contributed by atoms with van der Waals surface area (Å²) in [6.45, 7) is 9.40. The van der Waals surface area contributed by atoms with E-state index >= 15 is 0 Å². The van der Waals surface area contributed by atoms with Crippen molar-refractivity contribution < 1.29 is 5.11 Å². The summed E-state index contributed by atoms with van der Waals surface area (Å²) in [5, 5.41) is 9.05. The van der Waals surface area contributed by atoms with Crippen LogP contribution < -0.4 is 4.84 Å². The lowest BCUT2D eigenvalue weighted by atomic mass is 9.92. The highest BCUT2D eigenvalue weighted by Gasteiger charge is 2.20. The first-order valence-electron chi connectivity index (χ1n) is 3.64. The average Bonchev–Trinajstić information content (AvgIpc) is 1.86. The Morgan fingerprint density at radius 3 is 2.45 bits per heavy atom. The minimum Gasteiger partial charge on any atom is -0.393 e. The van der Waals surface area contributed by atoms with Crippen LogP contribution in [-0.4, -0.2) is 16.7 Å². The number of aliphatic hydroxyl groups is 1. The summed E-state index contributed by atoms with van der Waals surface area (Å²) in [5.41, 5.74) is 0.598. The molecule has 11 heavy (non-hydrogen) atoms. The number of nitrogens with one attached hydrogen (secondary N) is 1. The SMILES string of the molecule is C=C(CC(C)O)C(C)(C)NCl. The summed E-state index contributed by atoms with van der Waals surface area (Å²) in [5.74, 6) is 0. The summed E-state index contributed by atoms with van der Waals surface area (Å²) in [7, 11) is 0. The molecule has 1 unspecified atom stereocenters. The molecule has 0 fully saturated rings. The van der Waals surface area contributed by atoms with E-state index in [1.807, 2.05) is 13.8 Å². The van der Waals surface area contributed by atoms with Gasteiger partial charge in [0, 0.05) is 5.54 Å². The van der Waals surface area contributed by atoms with E-state index in [1.165, 1.54) is 0 Å². The molecule has 0 radical (unpaired) electrons. The molecule has 0 spiro atoms. The van der Waals surface area contributed by atoms with Gasteiger partial charge in [-0.15, -0.1) is 0 Å². The lowest BCUT2D eigenvalue weighted by Crippen LogP contribution is -2.35. The van der Waals surface area contributed by atoms with Crippen molar-refractivity contribution in [3.05, 3.63) is 12.2 Å². The second kappa shape index (κ2) is 4.10. The molecule has 66 valence electrons. The number of rotatable bonds is 4. The predicted molar refractivity (Wildman–Crippen MR) is 48.5 cm³/mol. The highest BCUT2D eigenvalue weighted by molar-refractivity contribution is 6.14. The molecule has 0 aromatic carbocycles. The molecule has 0 aromatic rings. The van der Waals surface area contributed by atoms with Gasteiger partial charge in [0.25, 0.3) is 0 Å². The molecule has 0 aliphatic carbocycles. The van der Waals surface area contributed by atoms with E-state index in [0.717, 1.165) is 5.57 Å². The Hall–Kier alpha value is -0.0500. The Labute approximate surface area is 73.4 Å². The molecule has 0 rings (SSSR count). The van der Waals surface area contributed by atoms with E-state index in [0.29, 0.717) is 6.42 Å². The number of hydrogen-bond acceptors (Lipinski definition) is 2. The van der Waals surface area contributed by atoms with Crippen molar-refractivity contribution in [1.29, 1.82) is 0 Å². The van der Waals surface area contributed by atoms with Crippen molar-refractivity contribution in [2.24, 2.45) is 0 Å². The van der Waals surface area contributed by atoms with E-state index in [-0.39, 0.29) is 11.6 Å². The topological polar surface area (TPSA) is 32.3 Å². The van der Waals surface area contributed by atoms with Crippen molar-refractivity contribution in [3.8, 4) is 0 Å². The molecule has 0 bridgehead atoms. The third-order valence-electron chi connectivity index (χ3n) is 1.66. The number of hydrogen-bond donors (Lipinski definition) is 2. The Morgan fingerprint density at radius 1 is 1.73 bits per heavy atom. The van der Waals surface area contributed by atoms with Gasteiger partial charge < -0.3 is 5.11 Å². The molecule has 3 heteroatoms. The predicted octanol–water partition coefficient (Wildman–Crippen LogP) is 1.84. The van der Waals surface area contributed by atoms with Crippen LogP contribution >= 0.6 is 11.8 Å². The van der Waals surface area contributed by atoms with Crippen molar-refractivity contribution in [1.82, 2.24) is 4.84 Å². The van der Waals surface area contributed by atoms with Crippen LogP contribution in [0.3, 0.4) is 0 Å². The Bertz CT molecular complexity index is 143. The monoisotopic (exact) mass is 177 g/mol. The molecular formula is C8H16ClNO. The molecule has 0 aliphatic heterocycles. The van der Waals surface area contributed by atoms with E-state index in [1.54, 1.807) is 6.92 Å². The van der Waals surface area contributed by atoms with Gasteiger partial charge in [-0.2, -0.15) is 0 Å². The lowest BCUT2D eigenvalue weighted by molar-refractivity contribution is 0.190. The molecule has 0 aliphatic rings. The molecule has 1 atom stereocenters. The first kappa shape index (κ1) is 11.0. The summed E-state index contributed by atoms with van der Waals surface area (Å²) in [6, 6.07) is 0. The fraction of sp³-hybridized carbons (Fsp3) is 0.750. The van der Waals surface area contributed by atoms with Crippen LogP contribution in [0.1, 0.15) is 27.2 Å². The summed E-state index contributed by atoms with van der Waals surface area (Å²) in [4.78, 5) is 2.61. The number of halogens is 1. The van der Waals surface area contributed by atoms with Gasteiger partial charge in [-0.3, -0.25) is 0 Å². The quantitative estimate of drug-likeness (QED) is 0.508. The van der Waals surface area contributed by atoms with Crippen LogP contribution in [0.5, 0.6) is 0 Å². The zero-order chi connectivity index (χ0) is 9.07. The van der Waals surface area contributed by atoms with Crippen molar-refractivity contribution in [3.63, 3.8) is 0 Å². The molecular weight excluding hydrogens is 162 g/mol. The van der Waals surface area contributed by atoms with Gasteiger partial charge in [-0.25, -0.2) is 4.84 Å². The molecule has 0 amide bonds. The molecule has 0 heterocycles. The van der Waals surface area contributed by atoms with Gasteiger partial charge >= 0.3 is 0 Å². The maximum absolute atomic E-state index is 9.05. The minimum absolute atomic E-state index is 0.307. The van der Waals surface area contributed by atoms with Crippen molar-refractivity contribution >= 4 is 11.8 Å². The molecule has 0 saturated heterocycles. The third kappa shape index (κ3) is 3.75. The van der Waals surface area contributed by atoms with Crippen molar-refractivity contribution in [2.45, 2.75) is 38.8 Å². The van der Waals surface area contributed by atoms with Gasteiger partial charge in [-0.05, 0) is 39.0 Å². The van der Waals surface area contributed by atoms with E-state index in [2.05, 4.69) is 11.4 Å². The Kier molecular flexibility index (Phi) is 4.08. The van der Waals surface area contributed by atoms with Gasteiger partial charge in [0.1, 0.15) is 0 Å². The van der Waals surface area contributed by atoms with Gasteiger partial charge in [0.05, 0.1) is 6.10 Å². The summed E-state index contributed by atoms with van der Waals surface area (Å²) >= 11 is 5.48. The lowest BCUT2D eigenvalue weighted by Gasteiger charge is -2.25. The molecule has 0 saturated carbocycles. The molecule has 0 aromatic heterocycles. The zero-order valence-corrected chi connectivity index (χ0v) is 8.07. The van der Waals surface area contributed by atoms with Crippen LogP contribution in [0.25, 0.3) is 0 Å². The summed E-state index contributed by atoms with van der Waals surface area (Å²) in [6.07, 6.45) is 0.221. The van der Waals surface area contributed by atoms with Crippen LogP contribution in [-0.2, 0) is 0 Å². The summed E-state index contributed by atoms with van der Waals surface area (Å²) < 4.78 is 0. The largest absolute Gasteiger partial charge is 0.393 e. The van der Waals surface area contributed by atoms with Crippen LogP contribution in [0, 0.1) is 0 Å². The highest BCUT2D eigenvalue weighted by Crippen LogP contribution is 2.19. The van der Waals surface area contributed by atoms with Crippen LogP contribution in [0.4, 0.5) is 0 Å². The Balaban J connectivity index is 4.02. The van der Waals surface area contributed by atoms with Gasteiger partial charge in [0.15, 0.2) is 0 Å².